The number of amides is 2. The van der Waals surface area contributed by atoms with Crippen molar-refractivity contribution in [2.75, 3.05) is 11.4 Å². The van der Waals surface area contributed by atoms with E-state index >= 15 is 0 Å². The van der Waals surface area contributed by atoms with Gasteiger partial charge in [-0.05, 0) is 36.6 Å². The Bertz CT molecular complexity index is 1120. The first-order valence-corrected chi connectivity index (χ1v) is 9.36. The Hall–Kier alpha value is -3.52. The fourth-order valence-corrected chi connectivity index (χ4v) is 3.77. The van der Waals surface area contributed by atoms with E-state index in [2.05, 4.69) is 10.3 Å². The number of para-hydroxylation sites is 1. The molecule has 2 heterocycles. The summed E-state index contributed by atoms with van der Waals surface area (Å²) in [6.07, 6.45) is 2.75. The number of nitro benzene ring substituents is 1. The number of hydrogen-bond acceptors (Lipinski definition) is 5. The molecule has 0 saturated carbocycles. The molecule has 1 atom stereocenters. The zero-order valence-corrected chi connectivity index (χ0v) is 15.8. The highest BCUT2D eigenvalue weighted by Crippen LogP contribution is 2.29. The van der Waals surface area contributed by atoms with Crippen molar-refractivity contribution in [2.24, 2.45) is 0 Å². The number of non-ortho nitro benzene ring substituents is 1. The van der Waals surface area contributed by atoms with Crippen molar-refractivity contribution in [2.45, 2.75) is 25.8 Å². The number of hydrogen-bond donors (Lipinski definition) is 2. The average molecular weight is 392 g/mol. The Morgan fingerprint density at radius 3 is 2.79 bits per heavy atom. The first-order valence-electron chi connectivity index (χ1n) is 9.36. The lowest BCUT2D eigenvalue weighted by Gasteiger charge is -2.17. The normalized spacial score (nSPS) is 16.7. The van der Waals surface area contributed by atoms with Gasteiger partial charge in [0.15, 0.2) is 0 Å². The molecule has 2 amide bonds. The first kappa shape index (κ1) is 18.8. The van der Waals surface area contributed by atoms with Crippen molar-refractivity contribution in [3.05, 3.63) is 69.9 Å². The van der Waals surface area contributed by atoms with Gasteiger partial charge in [0.1, 0.15) is 0 Å². The molecule has 1 aliphatic heterocycles. The van der Waals surface area contributed by atoms with Crippen LogP contribution in [-0.4, -0.2) is 34.3 Å². The standard InChI is InChI=1S/C21H20N4O4/c1-13-10-15(25(28)29)6-7-19(13)24-20(26)11-18(21(24)27)22-9-8-14-12-23-17-5-3-2-4-16(14)17/h2-7,10,12,18,22-23H,8-9,11H2,1H3/t18-/m0/s1. The van der Waals surface area contributed by atoms with Crippen molar-refractivity contribution in [1.29, 1.82) is 0 Å². The van der Waals surface area contributed by atoms with Gasteiger partial charge in [0.2, 0.25) is 5.91 Å². The summed E-state index contributed by atoms with van der Waals surface area (Å²) in [6.45, 7) is 2.21. The molecule has 0 bridgehead atoms. The van der Waals surface area contributed by atoms with Crippen LogP contribution in [0.25, 0.3) is 10.9 Å². The second-order valence-electron chi connectivity index (χ2n) is 7.12. The van der Waals surface area contributed by atoms with Crippen LogP contribution in [-0.2, 0) is 16.0 Å². The molecule has 0 aliphatic carbocycles. The second-order valence-corrected chi connectivity index (χ2v) is 7.12. The van der Waals surface area contributed by atoms with E-state index in [-0.39, 0.29) is 23.9 Å². The number of nitrogens with one attached hydrogen (secondary N) is 2. The molecule has 0 radical (unpaired) electrons. The average Bonchev–Trinajstić information content (AvgIpc) is 3.23. The molecule has 0 spiro atoms. The van der Waals surface area contributed by atoms with E-state index in [1.54, 1.807) is 6.92 Å². The summed E-state index contributed by atoms with van der Waals surface area (Å²) in [5.41, 5.74) is 3.05. The van der Waals surface area contributed by atoms with Crippen molar-refractivity contribution >= 4 is 34.1 Å². The molecule has 8 nitrogen and oxygen atoms in total. The number of aromatic nitrogens is 1. The largest absolute Gasteiger partial charge is 0.361 e. The Morgan fingerprint density at radius 1 is 1.24 bits per heavy atom. The number of carbonyl (C=O) groups is 2. The molecule has 1 aliphatic rings. The van der Waals surface area contributed by atoms with E-state index in [0.717, 1.165) is 27.8 Å². The monoisotopic (exact) mass is 392 g/mol. The lowest BCUT2D eigenvalue weighted by molar-refractivity contribution is -0.384. The molecular formula is C21H20N4O4. The van der Waals surface area contributed by atoms with E-state index < -0.39 is 11.0 Å². The Balaban J connectivity index is 1.44. The minimum atomic E-state index is -0.595. The molecule has 1 saturated heterocycles. The van der Waals surface area contributed by atoms with Crippen LogP contribution in [0, 0.1) is 17.0 Å². The lowest BCUT2D eigenvalue weighted by Crippen LogP contribution is -2.39. The van der Waals surface area contributed by atoms with Crippen LogP contribution < -0.4 is 10.2 Å². The van der Waals surface area contributed by atoms with Crippen LogP contribution in [0.2, 0.25) is 0 Å². The summed E-state index contributed by atoms with van der Waals surface area (Å²) in [5.74, 6) is -0.637. The van der Waals surface area contributed by atoms with Crippen LogP contribution in [0.5, 0.6) is 0 Å². The number of H-pyrrole nitrogens is 1. The van der Waals surface area contributed by atoms with E-state index in [9.17, 15) is 19.7 Å². The molecule has 1 fully saturated rings. The highest BCUT2D eigenvalue weighted by molar-refractivity contribution is 6.22. The highest BCUT2D eigenvalue weighted by atomic mass is 16.6. The summed E-state index contributed by atoms with van der Waals surface area (Å²) >= 11 is 0. The number of imide groups is 1. The summed E-state index contributed by atoms with van der Waals surface area (Å²) in [4.78, 5) is 40.0. The minimum Gasteiger partial charge on any atom is -0.361 e. The zero-order chi connectivity index (χ0) is 20.5. The van der Waals surface area contributed by atoms with E-state index in [0.29, 0.717) is 17.8 Å². The maximum absolute atomic E-state index is 12.8. The molecule has 2 N–H and O–H groups in total. The Labute approximate surface area is 166 Å². The maximum Gasteiger partial charge on any atom is 0.269 e. The third kappa shape index (κ3) is 3.50. The molecular weight excluding hydrogens is 372 g/mol. The minimum absolute atomic E-state index is 0.0706. The third-order valence-corrected chi connectivity index (χ3v) is 5.24. The van der Waals surface area contributed by atoms with Gasteiger partial charge in [-0.1, -0.05) is 18.2 Å². The van der Waals surface area contributed by atoms with Gasteiger partial charge in [0, 0.05) is 35.8 Å². The molecule has 0 unspecified atom stereocenters. The number of nitro groups is 1. The van der Waals surface area contributed by atoms with Gasteiger partial charge >= 0.3 is 0 Å². The fraction of sp³-hybridized carbons (Fsp3) is 0.238. The Morgan fingerprint density at radius 2 is 2.03 bits per heavy atom. The first-order chi connectivity index (χ1) is 14.0. The van der Waals surface area contributed by atoms with E-state index in [1.807, 2.05) is 30.5 Å². The molecule has 148 valence electrons. The van der Waals surface area contributed by atoms with Gasteiger partial charge in [0.25, 0.3) is 11.6 Å². The predicted octanol–water partition coefficient (Wildman–Crippen LogP) is 2.85. The topological polar surface area (TPSA) is 108 Å². The van der Waals surface area contributed by atoms with Gasteiger partial charge < -0.3 is 10.3 Å². The number of fused-ring (bicyclic) bond motifs is 1. The summed E-state index contributed by atoms with van der Waals surface area (Å²) in [6, 6.07) is 11.5. The molecule has 3 aromatic rings. The molecule has 29 heavy (non-hydrogen) atoms. The van der Waals surface area contributed by atoms with Crippen molar-refractivity contribution in [3.8, 4) is 0 Å². The van der Waals surface area contributed by atoms with Crippen LogP contribution in [0.3, 0.4) is 0 Å². The molecule has 2 aromatic carbocycles. The van der Waals surface area contributed by atoms with Gasteiger partial charge in [-0.3, -0.25) is 19.7 Å². The molecule has 8 heteroatoms. The van der Waals surface area contributed by atoms with Crippen molar-refractivity contribution in [1.82, 2.24) is 10.3 Å². The summed E-state index contributed by atoms with van der Waals surface area (Å²) < 4.78 is 0. The molecule has 1 aromatic heterocycles. The van der Waals surface area contributed by atoms with Crippen LogP contribution >= 0.6 is 0 Å². The van der Waals surface area contributed by atoms with Crippen molar-refractivity contribution < 1.29 is 14.5 Å². The third-order valence-electron chi connectivity index (χ3n) is 5.24. The maximum atomic E-state index is 12.8. The quantitative estimate of drug-likeness (QED) is 0.381. The van der Waals surface area contributed by atoms with Crippen LogP contribution in [0.1, 0.15) is 17.5 Å². The number of nitrogens with zero attached hydrogens (tertiary/aromatic N) is 2. The van der Waals surface area contributed by atoms with Gasteiger partial charge in [0.05, 0.1) is 23.1 Å². The Kier molecular flexibility index (Phi) is 4.85. The van der Waals surface area contributed by atoms with Gasteiger partial charge in [-0.15, -0.1) is 0 Å². The fourth-order valence-electron chi connectivity index (χ4n) is 3.77. The SMILES string of the molecule is Cc1cc([N+](=O)[O-])ccc1N1C(=O)C[C@H](NCCc2c[nH]c3ccccc23)C1=O. The number of rotatable bonds is 6. The zero-order valence-electron chi connectivity index (χ0n) is 15.8. The number of carbonyl (C=O) groups excluding carboxylic acids is 2. The van der Waals surface area contributed by atoms with E-state index in [4.69, 9.17) is 0 Å². The van der Waals surface area contributed by atoms with Crippen molar-refractivity contribution in [3.63, 3.8) is 0 Å². The number of anilines is 1. The number of aromatic amines is 1. The van der Waals surface area contributed by atoms with Crippen LogP contribution in [0.4, 0.5) is 11.4 Å². The predicted molar refractivity (Wildman–Crippen MR) is 109 cm³/mol. The van der Waals surface area contributed by atoms with Gasteiger partial charge in [-0.25, -0.2) is 4.90 Å². The van der Waals surface area contributed by atoms with E-state index in [1.165, 1.54) is 18.2 Å². The highest BCUT2D eigenvalue weighted by Gasteiger charge is 2.39. The smallest absolute Gasteiger partial charge is 0.269 e. The van der Waals surface area contributed by atoms with Crippen LogP contribution in [0.15, 0.2) is 48.7 Å². The number of benzene rings is 2. The number of aryl methyl sites for hydroxylation is 1. The molecule has 4 rings (SSSR count). The summed E-state index contributed by atoms with van der Waals surface area (Å²) in [5, 5.41) is 15.2. The lowest BCUT2D eigenvalue weighted by atomic mass is 10.1. The van der Waals surface area contributed by atoms with Gasteiger partial charge in [-0.2, -0.15) is 0 Å². The second kappa shape index (κ2) is 7.48. The summed E-state index contributed by atoms with van der Waals surface area (Å²) in [7, 11) is 0.